The van der Waals surface area contributed by atoms with E-state index in [-0.39, 0.29) is 91.5 Å². The van der Waals surface area contributed by atoms with Crippen molar-refractivity contribution in [1.82, 2.24) is 24.8 Å². The zero-order chi connectivity index (χ0) is 104. The third-order valence-corrected chi connectivity index (χ3v) is 19.7. The highest BCUT2D eigenvalue weighted by Crippen LogP contribution is 2.26. The molecule has 9 rings (SSSR count). The van der Waals surface area contributed by atoms with Crippen LogP contribution in [0.15, 0.2) is 183 Å². The molecular weight excluding hydrogens is 1680 g/mol. The zero-order valence-electron chi connectivity index (χ0n) is 90.4. The van der Waals surface area contributed by atoms with Crippen molar-refractivity contribution in [2.24, 2.45) is 63.1 Å². The van der Waals surface area contributed by atoms with Crippen molar-refractivity contribution in [3.8, 4) is 0 Å². The van der Waals surface area contributed by atoms with E-state index in [1.807, 2.05) is 224 Å². The molecule has 1 fully saturated rings. The summed E-state index contributed by atoms with van der Waals surface area (Å²) in [5, 5.41) is 0. The van der Waals surface area contributed by atoms with Crippen LogP contribution in [0.25, 0.3) is 0 Å². The van der Waals surface area contributed by atoms with Crippen LogP contribution < -0.4 is 0 Å². The third-order valence-electron chi connectivity index (χ3n) is 19.7. The Morgan fingerprint density at radius 3 is 0.919 bits per heavy atom. The molecule has 0 atom stereocenters. The first-order valence-corrected chi connectivity index (χ1v) is 48.7. The largest absolute Gasteiger partial charge is 0.349 e. The van der Waals surface area contributed by atoms with Crippen LogP contribution in [0.5, 0.6) is 0 Å². The zero-order valence-corrected chi connectivity index (χ0v) is 90.4. The first-order valence-electron chi connectivity index (χ1n) is 48.7. The highest BCUT2D eigenvalue weighted by Gasteiger charge is 2.23. The molecule has 0 spiro atoms. The molecule has 16 nitrogen and oxygen atoms in total. The smallest absolute Gasteiger partial charge is 0.224 e. The molecule has 1 amide bonds. The molecule has 0 saturated carbocycles. The van der Waals surface area contributed by atoms with Crippen molar-refractivity contribution in [3.63, 3.8) is 0 Å². The second-order valence-corrected chi connectivity index (χ2v) is 43.7. The van der Waals surface area contributed by atoms with E-state index in [2.05, 4.69) is 157 Å². The van der Waals surface area contributed by atoms with Gasteiger partial charge in [0.1, 0.15) is 17.3 Å². The van der Waals surface area contributed by atoms with Crippen molar-refractivity contribution < 1.29 is 52.7 Å². The summed E-state index contributed by atoms with van der Waals surface area (Å²) in [6.07, 6.45) is 18.7. The van der Waals surface area contributed by atoms with Crippen molar-refractivity contribution in [2.45, 2.75) is 319 Å². The lowest BCUT2D eigenvalue weighted by Gasteiger charge is -2.26. The SMILES string of the molecule is CC(=O)C(C)C.CC(C)(C)CC(=O)CCN1CCCCC1.CC(C)(C)CC(=O)c1ccccn1.CC(C)(C)CC(=O)c1cccnc1.CC(C)C(=O)N(C)C.Cc1cc(C)cc(C(=O)CC(C)C)c1.Cc1cccc(C(=O)CC(C)C)c1.Cc1cccc(C(=O)CC(C)C)c1.Cc1cccc(C(=O)CC(C)C)c1.Cc1cccc(C(=O)CC(C)C)c1.Cc1cncc(C(=O)CC(C)(C)C)c1. The lowest BCUT2D eigenvalue weighted by Crippen LogP contribution is -2.32. The van der Waals surface area contributed by atoms with Gasteiger partial charge in [-0.05, 0) is 205 Å². The Morgan fingerprint density at radius 2 is 0.637 bits per heavy atom. The molecule has 135 heavy (non-hydrogen) atoms. The maximum absolute atomic E-state index is 11.8. The number of likely N-dealkylation sites (tertiary alicyclic amines) is 1. The maximum Gasteiger partial charge on any atom is 0.224 e. The van der Waals surface area contributed by atoms with Gasteiger partial charge in [-0.2, -0.15) is 0 Å². The fraction of sp³-hybridized carbons (Fsp3) is 0.529. The number of amides is 1. The van der Waals surface area contributed by atoms with E-state index in [0.29, 0.717) is 98.0 Å². The summed E-state index contributed by atoms with van der Waals surface area (Å²) in [6, 6.07) is 48.0. The summed E-state index contributed by atoms with van der Waals surface area (Å²) in [5.41, 5.74) is 14.4. The summed E-state index contributed by atoms with van der Waals surface area (Å²) in [7, 11) is 3.53. The molecule has 0 radical (unpaired) electrons. The number of carbonyl (C=O) groups is 11. The van der Waals surface area contributed by atoms with E-state index in [1.165, 1.54) is 32.4 Å². The van der Waals surface area contributed by atoms with Crippen molar-refractivity contribution in [3.05, 3.63) is 266 Å². The number of piperidine rings is 1. The molecule has 0 bridgehead atoms. The van der Waals surface area contributed by atoms with E-state index in [0.717, 1.165) is 91.7 Å². The molecule has 744 valence electrons. The van der Waals surface area contributed by atoms with Crippen LogP contribution in [0.3, 0.4) is 0 Å². The van der Waals surface area contributed by atoms with Crippen LogP contribution >= 0.6 is 0 Å². The highest BCUT2D eigenvalue weighted by atomic mass is 16.2. The fourth-order valence-corrected chi connectivity index (χ4v) is 13.0. The number of rotatable bonds is 27. The molecule has 1 aliphatic heterocycles. The van der Waals surface area contributed by atoms with Gasteiger partial charge >= 0.3 is 0 Å². The summed E-state index contributed by atoms with van der Waals surface area (Å²) in [5.74, 6) is 5.11. The normalized spacial score (nSPS) is 11.6. The highest BCUT2D eigenvalue weighted by molar-refractivity contribution is 6.00. The number of ketones is 10. The Labute approximate surface area is 818 Å². The van der Waals surface area contributed by atoms with E-state index < -0.39 is 0 Å². The minimum absolute atomic E-state index is 0.0363. The number of hydrogen-bond acceptors (Lipinski definition) is 15. The van der Waals surface area contributed by atoms with Gasteiger partial charge in [-0.3, -0.25) is 67.7 Å². The van der Waals surface area contributed by atoms with Gasteiger partial charge in [0.15, 0.2) is 46.3 Å². The van der Waals surface area contributed by atoms with E-state index in [4.69, 9.17) is 0 Å². The lowest BCUT2D eigenvalue weighted by molar-refractivity contribution is -0.131. The number of carbonyl (C=O) groups excluding carboxylic acids is 11. The van der Waals surface area contributed by atoms with Crippen molar-refractivity contribution in [2.75, 3.05) is 33.7 Å². The van der Waals surface area contributed by atoms with Gasteiger partial charge in [-0.1, -0.05) is 305 Å². The molecule has 5 aromatic carbocycles. The Kier molecular flexibility index (Phi) is 62.1. The summed E-state index contributed by atoms with van der Waals surface area (Å²) in [6.45, 7) is 72.1. The van der Waals surface area contributed by atoms with E-state index >= 15 is 0 Å². The Morgan fingerprint density at radius 1 is 0.319 bits per heavy atom. The first kappa shape index (κ1) is 127. The minimum Gasteiger partial charge on any atom is -0.349 e. The van der Waals surface area contributed by atoms with Crippen LogP contribution in [-0.4, -0.2) is 122 Å². The second kappa shape index (κ2) is 66.2. The summed E-state index contributed by atoms with van der Waals surface area (Å²) >= 11 is 0. The molecule has 1 saturated heterocycles. The van der Waals surface area contributed by atoms with E-state index in [9.17, 15) is 52.7 Å². The van der Waals surface area contributed by atoms with Gasteiger partial charge in [0, 0.05) is 167 Å². The van der Waals surface area contributed by atoms with Crippen molar-refractivity contribution >= 4 is 63.7 Å². The Hall–Kier alpha value is -10.3. The summed E-state index contributed by atoms with van der Waals surface area (Å²) < 4.78 is 0. The molecule has 0 aliphatic carbocycles. The predicted molar refractivity (Wildman–Crippen MR) is 565 cm³/mol. The third kappa shape index (κ3) is 67.5. The van der Waals surface area contributed by atoms with Crippen LogP contribution in [0.1, 0.15) is 392 Å². The number of nitrogens with zero attached hydrogens (tertiary/aromatic N) is 5. The van der Waals surface area contributed by atoms with Gasteiger partial charge < -0.3 is 9.80 Å². The number of Topliss-reactive ketones (excluding diaryl/α,β-unsaturated/α-hetero) is 10. The molecule has 3 aromatic heterocycles. The number of aromatic nitrogens is 3. The van der Waals surface area contributed by atoms with Gasteiger partial charge in [0.2, 0.25) is 5.91 Å². The second-order valence-electron chi connectivity index (χ2n) is 43.7. The molecule has 0 N–H and O–H groups in total. The summed E-state index contributed by atoms with van der Waals surface area (Å²) in [4.78, 5) is 142. The molecule has 16 heteroatoms. The Bertz CT molecular complexity index is 4490. The number of benzene rings is 5. The average molecular weight is 1850 g/mol. The van der Waals surface area contributed by atoms with Gasteiger partial charge in [-0.15, -0.1) is 0 Å². The van der Waals surface area contributed by atoms with Crippen LogP contribution in [0, 0.1) is 112 Å². The van der Waals surface area contributed by atoms with Crippen LogP contribution in [-0.2, 0) is 14.4 Å². The predicted octanol–water partition coefficient (Wildman–Crippen LogP) is 29.7. The van der Waals surface area contributed by atoms with Crippen molar-refractivity contribution in [1.29, 1.82) is 0 Å². The molecular formula is C119H177N5O11. The molecule has 1 aliphatic rings. The topological polar surface area (TPSA) is 233 Å². The quantitative estimate of drug-likeness (QED) is 0.0436. The monoisotopic (exact) mass is 1850 g/mol. The number of pyridine rings is 3. The number of hydrogen-bond donors (Lipinski definition) is 0. The number of aryl methyl sites for hydroxylation is 7. The lowest BCUT2D eigenvalue weighted by atomic mass is 9.88. The van der Waals surface area contributed by atoms with Gasteiger partial charge in [-0.25, -0.2) is 0 Å². The van der Waals surface area contributed by atoms with Gasteiger partial charge in [0.25, 0.3) is 0 Å². The van der Waals surface area contributed by atoms with Crippen LogP contribution in [0.4, 0.5) is 0 Å². The fourth-order valence-electron chi connectivity index (χ4n) is 13.0. The van der Waals surface area contributed by atoms with Gasteiger partial charge in [0.05, 0.1) is 0 Å². The Balaban J connectivity index is 0. The average Bonchev–Trinajstić information content (AvgIpc) is 0.862. The molecule has 0 unspecified atom stereocenters. The molecule has 4 heterocycles. The molecule has 8 aromatic rings. The minimum atomic E-state index is 0.0363. The first-order chi connectivity index (χ1) is 62.4. The standard InChI is InChI=1S/C13H25NO.C13H18O.C12H17NO.4C12H16O.2C11H15NO.C6H13NO.C5H10O/c1-13(2,3)11-12(15)7-10-14-8-5-4-6-9-14;1-9(2)5-13(14)12-7-10(3)6-11(4)8-12;1-9-5-10(8-13-7-9)11(14)6-12(2,3)4;4*1-9(2)7-12(13)11-6-4-5-10(3)8-11;1-11(2,3)7-10(13)9-5-4-6-12-8-9;1-11(2,3)8-10(13)9-6-4-5-7-12-9;1-5(2)6(8)7(3)4;1-4(2)5(3)6/h4-11H2,1-3H3;6-9H,5H2,1-4H3;5,7-8H,6H2,1-4H3;4*4-6,8-9H,7H2,1-3H3;4-6,8H,7H2,1-3H3;4-7H,8H2,1-3H3;5H,1-4H3;4H,1-3H3. The maximum atomic E-state index is 11.8. The van der Waals surface area contributed by atoms with E-state index in [1.54, 1.807) is 75.1 Å². The van der Waals surface area contributed by atoms with Crippen LogP contribution in [0.2, 0.25) is 0 Å².